The van der Waals surface area contributed by atoms with E-state index in [1.54, 1.807) is 60.7 Å². The molecule has 12 heteroatoms. The van der Waals surface area contributed by atoms with Crippen LogP contribution in [0.25, 0.3) is 5.95 Å². The van der Waals surface area contributed by atoms with E-state index in [9.17, 15) is 22.8 Å². The number of nitrogens with zero attached hydrogens (tertiary/aromatic N) is 5. The van der Waals surface area contributed by atoms with Crippen molar-refractivity contribution in [1.29, 1.82) is 0 Å². The third-order valence-corrected chi connectivity index (χ3v) is 4.33. The Kier molecular flexibility index (Phi) is 6.21. The molecule has 0 saturated heterocycles. The molecule has 0 atom stereocenters. The standard InChI is InChI=1S/C22H15F3N6O3/c23-22(24,25)20(33)34-18-17(14-26-21(28-18)30-13-7-12-27-30)19(32)31(16-10-5-2-6-11-16)29-15-8-3-1-4-9-15/h1-14,29H. The maximum Gasteiger partial charge on any atom is 0.491 e. The van der Waals surface area contributed by atoms with Crippen molar-refractivity contribution in [2.45, 2.75) is 6.18 Å². The molecule has 4 aromatic rings. The molecule has 4 rings (SSSR count). The summed E-state index contributed by atoms with van der Waals surface area (Å²) >= 11 is 0. The minimum Gasteiger partial charge on any atom is -0.400 e. The number of hydrogen-bond acceptors (Lipinski definition) is 7. The Bertz CT molecular complexity index is 1280. The number of anilines is 2. The zero-order valence-electron chi connectivity index (χ0n) is 17.2. The fourth-order valence-corrected chi connectivity index (χ4v) is 2.80. The molecule has 0 radical (unpaired) electrons. The normalized spacial score (nSPS) is 11.0. The summed E-state index contributed by atoms with van der Waals surface area (Å²) < 4.78 is 44.3. The van der Waals surface area contributed by atoms with Gasteiger partial charge in [0.25, 0.3) is 11.9 Å². The Hall–Kier alpha value is -4.74. The van der Waals surface area contributed by atoms with Gasteiger partial charge in [-0.3, -0.25) is 10.2 Å². The van der Waals surface area contributed by atoms with Crippen LogP contribution in [0.15, 0.2) is 85.3 Å². The van der Waals surface area contributed by atoms with Crippen LogP contribution >= 0.6 is 0 Å². The number of carbonyl (C=O) groups excluding carboxylic acids is 2. The first-order valence-corrected chi connectivity index (χ1v) is 9.70. The Labute approximate surface area is 190 Å². The van der Waals surface area contributed by atoms with Gasteiger partial charge in [0.2, 0.25) is 5.88 Å². The smallest absolute Gasteiger partial charge is 0.400 e. The highest BCUT2D eigenvalue weighted by Gasteiger charge is 2.42. The summed E-state index contributed by atoms with van der Waals surface area (Å²) in [5.74, 6) is -4.47. The van der Waals surface area contributed by atoms with Crippen LogP contribution in [0.5, 0.6) is 5.88 Å². The van der Waals surface area contributed by atoms with Crippen molar-refractivity contribution in [1.82, 2.24) is 19.7 Å². The van der Waals surface area contributed by atoms with E-state index in [1.165, 1.54) is 18.5 Å². The van der Waals surface area contributed by atoms with Gasteiger partial charge in [0.05, 0.1) is 11.4 Å². The van der Waals surface area contributed by atoms with E-state index in [0.717, 1.165) is 15.9 Å². The van der Waals surface area contributed by atoms with Gasteiger partial charge in [0.15, 0.2) is 0 Å². The van der Waals surface area contributed by atoms with Crippen molar-refractivity contribution in [2.75, 3.05) is 10.4 Å². The Morgan fingerprint density at radius 1 is 0.971 bits per heavy atom. The maximum absolute atomic E-state index is 13.5. The highest BCUT2D eigenvalue weighted by atomic mass is 19.4. The van der Waals surface area contributed by atoms with E-state index >= 15 is 0 Å². The van der Waals surface area contributed by atoms with Crippen LogP contribution in [-0.2, 0) is 4.79 Å². The van der Waals surface area contributed by atoms with Crippen molar-refractivity contribution in [3.05, 3.63) is 90.9 Å². The van der Waals surface area contributed by atoms with Crippen LogP contribution in [0.1, 0.15) is 10.4 Å². The Balaban J connectivity index is 1.77. The number of carbonyl (C=O) groups is 2. The molecule has 2 aromatic carbocycles. The lowest BCUT2D eigenvalue weighted by Crippen LogP contribution is -2.37. The molecule has 2 heterocycles. The zero-order chi connectivity index (χ0) is 24.1. The van der Waals surface area contributed by atoms with Gasteiger partial charge >= 0.3 is 12.1 Å². The molecule has 34 heavy (non-hydrogen) atoms. The number of hydrogen-bond donors (Lipinski definition) is 1. The molecule has 2 aromatic heterocycles. The third kappa shape index (κ3) is 5.01. The Morgan fingerprint density at radius 2 is 1.65 bits per heavy atom. The van der Waals surface area contributed by atoms with Gasteiger partial charge in [-0.2, -0.15) is 23.3 Å². The monoisotopic (exact) mass is 468 g/mol. The second-order valence-corrected chi connectivity index (χ2v) is 6.68. The number of rotatable bonds is 6. The molecular formula is C22H15F3N6O3. The third-order valence-electron chi connectivity index (χ3n) is 4.33. The highest BCUT2D eigenvalue weighted by molar-refractivity contribution is 6.08. The van der Waals surface area contributed by atoms with Crippen molar-refractivity contribution in [3.8, 4) is 11.8 Å². The lowest BCUT2D eigenvalue weighted by atomic mass is 10.2. The average molecular weight is 468 g/mol. The van der Waals surface area contributed by atoms with E-state index in [1.807, 2.05) is 0 Å². The van der Waals surface area contributed by atoms with Crippen molar-refractivity contribution >= 4 is 23.3 Å². The minimum atomic E-state index is -5.31. The summed E-state index contributed by atoms with van der Waals surface area (Å²) in [5, 5.41) is 4.97. The number of halogens is 3. The van der Waals surface area contributed by atoms with Crippen molar-refractivity contribution in [3.63, 3.8) is 0 Å². The lowest BCUT2D eigenvalue weighted by Gasteiger charge is -2.25. The molecule has 0 aliphatic carbocycles. The molecule has 0 bridgehead atoms. The fraction of sp³-hybridized carbons (Fsp3) is 0.0455. The summed E-state index contributed by atoms with van der Waals surface area (Å²) in [4.78, 5) is 32.9. The predicted octanol–water partition coefficient (Wildman–Crippen LogP) is 3.80. The average Bonchev–Trinajstić information content (AvgIpc) is 3.38. The van der Waals surface area contributed by atoms with Gasteiger partial charge in [-0.25, -0.2) is 19.5 Å². The van der Waals surface area contributed by atoms with Crippen LogP contribution in [0.3, 0.4) is 0 Å². The van der Waals surface area contributed by atoms with Crippen LogP contribution in [0.4, 0.5) is 24.5 Å². The first-order chi connectivity index (χ1) is 16.3. The summed E-state index contributed by atoms with van der Waals surface area (Å²) in [6.45, 7) is 0. The quantitative estimate of drug-likeness (QED) is 0.339. The van der Waals surface area contributed by atoms with Crippen LogP contribution in [0, 0.1) is 0 Å². The number of esters is 1. The number of alkyl halides is 3. The SMILES string of the molecule is O=C(c1cnc(-n2cccn2)nc1OC(=O)C(F)(F)F)N(Nc1ccccc1)c1ccccc1. The molecule has 0 spiro atoms. The number of ether oxygens (including phenoxy) is 1. The van der Waals surface area contributed by atoms with E-state index in [0.29, 0.717) is 11.4 Å². The van der Waals surface area contributed by atoms with Gasteiger partial charge in [-0.15, -0.1) is 0 Å². The van der Waals surface area contributed by atoms with E-state index < -0.39 is 29.5 Å². The number of benzene rings is 2. The van der Waals surface area contributed by atoms with Gasteiger partial charge in [-0.1, -0.05) is 36.4 Å². The number of para-hydroxylation sites is 2. The van der Waals surface area contributed by atoms with Crippen molar-refractivity contribution < 1.29 is 27.5 Å². The van der Waals surface area contributed by atoms with Gasteiger partial charge in [-0.05, 0) is 30.3 Å². The van der Waals surface area contributed by atoms with E-state index in [4.69, 9.17) is 0 Å². The highest BCUT2D eigenvalue weighted by Crippen LogP contribution is 2.26. The molecule has 1 N–H and O–H groups in total. The number of aromatic nitrogens is 4. The summed E-state index contributed by atoms with van der Waals surface area (Å²) in [7, 11) is 0. The molecule has 0 aliphatic heterocycles. The van der Waals surface area contributed by atoms with Crippen LogP contribution in [-0.4, -0.2) is 37.8 Å². The van der Waals surface area contributed by atoms with Gasteiger partial charge in [0, 0.05) is 18.6 Å². The van der Waals surface area contributed by atoms with E-state index in [2.05, 4.69) is 25.2 Å². The zero-order valence-corrected chi connectivity index (χ0v) is 17.2. The molecule has 0 fully saturated rings. The molecule has 172 valence electrons. The molecule has 0 unspecified atom stereocenters. The first-order valence-electron chi connectivity index (χ1n) is 9.70. The second kappa shape index (κ2) is 9.40. The number of hydrazine groups is 1. The molecule has 9 nitrogen and oxygen atoms in total. The fourth-order valence-electron chi connectivity index (χ4n) is 2.80. The Morgan fingerprint density at radius 3 is 2.26 bits per heavy atom. The second-order valence-electron chi connectivity index (χ2n) is 6.68. The van der Waals surface area contributed by atoms with Gasteiger partial charge < -0.3 is 4.74 Å². The summed E-state index contributed by atoms with van der Waals surface area (Å²) in [5.41, 5.74) is 3.29. The topological polar surface area (TPSA) is 102 Å². The molecule has 0 aliphatic rings. The number of amides is 1. The maximum atomic E-state index is 13.5. The van der Waals surface area contributed by atoms with E-state index in [-0.39, 0.29) is 5.95 Å². The predicted molar refractivity (Wildman–Crippen MR) is 114 cm³/mol. The molecule has 0 saturated carbocycles. The first kappa shape index (κ1) is 22.5. The van der Waals surface area contributed by atoms with Crippen LogP contribution < -0.4 is 15.2 Å². The van der Waals surface area contributed by atoms with Gasteiger partial charge in [0.1, 0.15) is 5.56 Å². The molecule has 1 amide bonds. The lowest BCUT2D eigenvalue weighted by molar-refractivity contribution is -0.190. The van der Waals surface area contributed by atoms with Crippen molar-refractivity contribution in [2.24, 2.45) is 0 Å². The number of nitrogens with one attached hydrogen (secondary N) is 1. The van der Waals surface area contributed by atoms with Crippen LogP contribution in [0.2, 0.25) is 0 Å². The minimum absolute atomic E-state index is 0.200. The summed E-state index contributed by atoms with van der Waals surface area (Å²) in [6, 6.07) is 18.4. The summed E-state index contributed by atoms with van der Waals surface area (Å²) in [6.07, 6.45) is -1.52. The molecular weight excluding hydrogens is 453 g/mol. The largest absolute Gasteiger partial charge is 0.491 e.